The lowest BCUT2D eigenvalue weighted by molar-refractivity contribution is 0.337. The predicted molar refractivity (Wildman–Crippen MR) is 96.6 cm³/mol. The van der Waals surface area contributed by atoms with E-state index in [0.717, 1.165) is 22.2 Å². The fourth-order valence-corrected chi connectivity index (χ4v) is 2.47. The monoisotopic (exact) mass is 330 g/mol. The first-order valence-corrected chi connectivity index (χ1v) is 7.69. The van der Waals surface area contributed by atoms with Crippen molar-refractivity contribution in [1.29, 1.82) is 0 Å². The summed E-state index contributed by atoms with van der Waals surface area (Å²) in [4.78, 5) is 8.60. The summed E-state index contributed by atoms with van der Waals surface area (Å²) in [6.45, 7) is 0. The third kappa shape index (κ3) is 3.05. The van der Waals surface area contributed by atoms with Gasteiger partial charge in [0.05, 0.1) is 17.4 Å². The van der Waals surface area contributed by atoms with E-state index < -0.39 is 0 Å². The zero-order valence-corrected chi connectivity index (χ0v) is 13.1. The predicted octanol–water partition coefficient (Wildman–Crippen LogP) is 4.04. The molecule has 0 fully saturated rings. The molecule has 0 aliphatic carbocycles. The van der Waals surface area contributed by atoms with Gasteiger partial charge in [-0.15, -0.1) is 0 Å². The molecule has 0 atom stereocenters. The first kappa shape index (κ1) is 14.9. The average Bonchev–Trinajstić information content (AvgIpc) is 3.03. The Balaban J connectivity index is 1.57. The summed E-state index contributed by atoms with van der Waals surface area (Å²) in [5.74, 6) is 0.0619. The van der Waals surface area contributed by atoms with E-state index in [1.165, 1.54) is 6.21 Å². The molecule has 0 bridgehead atoms. The van der Waals surface area contributed by atoms with Crippen molar-refractivity contribution in [2.45, 2.75) is 0 Å². The Kier molecular flexibility index (Phi) is 3.84. The van der Waals surface area contributed by atoms with Gasteiger partial charge < -0.3 is 9.52 Å². The number of hydrogen-bond acceptors (Lipinski definition) is 6. The lowest BCUT2D eigenvalue weighted by atomic mass is 10.2. The summed E-state index contributed by atoms with van der Waals surface area (Å²) < 4.78 is 5.29. The molecule has 0 spiro atoms. The van der Waals surface area contributed by atoms with Crippen molar-refractivity contribution in [2.24, 2.45) is 5.10 Å². The number of pyridine rings is 1. The van der Waals surface area contributed by atoms with Crippen LogP contribution in [0.5, 0.6) is 5.95 Å². The Morgan fingerprint density at radius 2 is 1.84 bits per heavy atom. The van der Waals surface area contributed by atoms with Gasteiger partial charge in [0, 0.05) is 17.1 Å². The van der Waals surface area contributed by atoms with Gasteiger partial charge in [0.2, 0.25) is 5.89 Å². The Labute approximate surface area is 143 Å². The van der Waals surface area contributed by atoms with E-state index in [9.17, 15) is 5.11 Å². The van der Waals surface area contributed by atoms with Crippen LogP contribution in [0.15, 0.2) is 76.4 Å². The number of hydrogen-bond donors (Lipinski definition) is 2. The lowest BCUT2D eigenvalue weighted by Crippen LogP contribution is -1.93. The zero-order chi connectivity index (χ0) is 17.1. The van der Waals surface area contributed by atoms with Crippen LogP contribution in [0.1, 0.15) is 5.69 Å². The van der Waals surface area contributed by atoms with Crippen molar-refractivity contribution in [1.82, 2.24) is 9.97 Å². The molecule has 0 amide bonds. The van der Waals surface area contributed by atoms with Crippen molar-refractivity contribution >= 4 is 22.8 Å². The molecule has 25 heavy (non-hydrogen) atoms. The number of fused-ring (bicyclic) bond motifs is 1. The van der Waals surface area contributed by atoms with Crippen molar-refractivity contribution in [3.63, 3.8) is 0 Å². The molecule has 122 valence electrons. The van der Waals surface area contributed by atoms with Gasteiger partial charge in [-0.25, -0.2) is 4.98 Å². The molecule has 2 aromatic heterocycles. The maximum Gasteiger partial charge on any atom is 0.312 e. The van der Waals surface area contributed by atoms with Gasteiger partial charge in [0.25, 0.3) is 0 Å². The molecular weight excluding hydrogens is 316 g/mol. The van der Waals surface area contributed by atoms with E-state index in [1.54, 1.807) is 6.20 Å². The molecule has 2 N–H and O–H groups in total. The van der Waals surface area contributed by atoms with E-state index >= 15 is 0 Å². The number of benzene rings is 2. The minimum atomic E-state index is -0.277. The molecule has 0 unspecified atom stereocenters. The second kappa shape index (κ2) is 6.45. The Hall–Kier alpha value is -3.67. The molecule has 0 aliphatic rings. The SMILES string of the molecule is Oc1oc(-c2ccccc2)nc1C=NNc1cccc2cccnc12. The Morgan fingerprint density at radius 3 is 2.72 bits per heavy atom. The number of para-hydroxylation sites is 1. The number of hydrazone groups is 1. The normalized spacial score (nSPS) is 11.2. The summed E-state index contributed by atoms with van der Waals surface area (Å²) in [5, 5.41) is 15.0. The first-order valence-electron chi connectivity index (χ1n) is 7.69. The fourth-order valence-electron chi connectivity index (χ4n) is 2.47. The van der Waals surface area contributed by atoms with Crippen LogP contribution in [0.2, 0.25) is 0 Å². The highest BCUT2D eigenvalue weighted by Crippen LogP contribution is 2.25. The molecule has 0 saturated carbocycles. The van der Waals surface area contributed by atoms with Crippen LogP contribution in [0.25, 0.3) is 22.4 Å². The van der Waals surface area contributed by atoms with Gasteiger partial charge in [-0.05, 0) is 24.3 Å². The molecule has 6 nitrogen and oxygen atoms in total. The maximum absolute atomic E-state index is 9.90. The Morgan fingerprint density at radius 1 is 1.00 bits per heavy atom. The van der Waals surface area contributed by atoms with Gasteiger partial charge >= 0.3 is 5.95 Å². The van der Waals surface area contributed by atoms with Crippen LogP contribution < -0.4 is 5.43 Å². The maximum atomic E-state index is 9.90. The van der Waals surface area contributed by atoms with Crippen molar-refractivity contribution in [3.05, 3.63) is 72.6 Å². The van der Waals surface area contributed by atoms with Crippen LogP contribution in [0, 0.1) is 0 Å². The minimum absolute atomic E-state index is 0.250. The minimum Gasteiger partial charge on any atom is -0.479 e. The van der Waals surface area contributed by atoms with E-state index in [4.69, 9.17) is 4.42 Å². The van der Waals surface area contributed by atoms with E-state index in [0.29, 0.717) is 5.89 Å². The van der Waals surface area contributed by atoms with Gasteiger partial charge in [0.1, 0.15) is 0 Å². The summed E-state index contributed by atoms with van der Waals surface area (Å²) in [7, 11) is 0. The van der Waals surface area contributed by atoms with Gasteiger partial charge in [-0.1, -0.05) is 36.4 Å². The van der Waals surface area contributed by atoms with E-state index in [1.807, 2.05) is 60.7 Å². The summed E-state index contributed by atoms with van der Waals surface area (Å²) in [6.07, 6.45) is 3.14. The number of anilines is 1. The third-order valence-electron chi connectivity index (χ3n) is 3.66. The number of nitrogens with zero attached hydrogens (tertiary/aromatic N) is 3. The average molecular weight is 330 g/mol. The number of oxazole rings is 1. The topological polar surface area (TPSA) is 83.5 Å². The second-order valence-electron chi connectivity index (χ2n) is 5.33. The van der Waals surface area contributed by atoms with Crippen LogP contribution in [-0.2, 0) is 0 Å². The number of aromatic hydroxyl groups is 1. The van der Waals surface area contributed by atoms with Gasteiger partial charge in [-0.2, -0.15) is 5.10 Å². The van der Waals surface area contributed by atoms with Crippen LogP contribution >= 0.6 is 0 Å². The number of rotatable bonds is 4. The Bertz CT molecular complexity index is 1040. The molecule has 0 aliphatic heterocycles. The summed E-state index contributed by atoms with van der Waals surface area (Å²) in [5.41, 5.74) is 5.54. The van der Waals surface area contributed by atoms with Crippen LogP contribution in [-0.4, -0.2) is 21.3 Å². The number of nitrogens with one attached hydrogen (secondary N) is 1. The second-order valence-corrected chi connectivity index (χ2v) is 5.33. The molecule has 2 heterocycles. The molecule has 4 aromatic rings. The molecule has 2 aromatic carbocycles. The summed E-state index contributed by atoms with van der Waals surface area (Å²) >= 11 is 0. The summed E-state index contributed by atoms with van der Waals surface area (Å²) in [6, 6.07) is 19.0. The van der Waals surface area contributed by atoms with Crippen molar-refractivity contribution in [2.75, 3.05) is 5.43 Å². The molecule has 4 rings (SSSR count). The quantitative estimate of drug-likeness (QED) is 0.436. The largest absolute Gasteiger partial charge is 0.479 e. The van der Waals surface area contributed by atoms with Crippen molar-refractivity contribution in [3.8, 4) is 17.4 Å². The third-order valence-corrected chi connectivity index (χ3v) is 3.66. The molecular formula is C19H14N4O2. The van der Waals surface area contributed by atoms with Crippen LogP contribution in [0.4, 0.5) is 5.69 Å². The highest BCUT2D eigenvalue weighted by molar-refractivity contribution is 5.90. The van der Waals surface area contributed by atoms with Gasteiger partial charge in [0.15, 0.2) is 5.69 Å². The fraction of sp³-hybridized carbons (Fsp3) is 0. The zero-order valence-electron chi connectivity index (χ0n) is 13.1. The van der Waals surface area contributed by atoms with Crippen LogP contribution in [0.3, 0.4) is 0 Å². The highest BCUT2D eigenvalue weighted by atomic mass is 16.5. The van der Waals surface area contributed by atoms with Gasteiger partial charge in [-0.3, -0.25) is 10.4 Å². The van der Waals surface area contributed by atoms with Crippen molar-refractivity contribution < 1.29 is 9.52 Å². The molecule has 0 radical (unpaired) electrons. The van der Waals surface area contributed by atoms with E-state index in [-0.39, 0.29) is 11.6 Å². The first-order chi connectivity index (χ1) is 12.3. The van der Waals surface area contributed by atoms with E-state index in [2.05, 4.69) is 20.5 Å². The highest BCUT2D eigenvalue weighted by Gasteiger charge is 2.11. The standard InChI is InChI=1S/C19H14N4O2/c24-19-16(22-18(25-19)14-6-2-1-3-7-14)12-21-23-15-10-4-8-13-9-5-11-20-17(13)15/h1-12,23-24H. The molecule has 6 heteroatoms. The lowest BCUT2D eigenvalue weighted by Gasteiger charge is -2.03. The number of aromatic nitrogens is 2. The molecule has 0 saturated heterocycles. The smallest absolute Gasteiger partial charge is 0.312 e.